The monoisotopic (exact) mass is 273 g/mol. The van der Waals surface area contributed by atoms with Crippen LogP contribution in [0.5, 0.6) is 11.6 Å². The Balaban J connectivity index is 2.12. The molecule has 106 valence electrons. The van der Waals surface area contributed by atoms with Gasteiger partial charge in [0.25, 0.3) is 0 Å². The van der Waals surface area contributed by atoms with E-state index in [0.29, 0.717) is 19.0 Å². The zero-order chi connectivity index (χ0) is 14.5. The van der Waals surface area contributed by atoms with Crippen molar-refractivity contribution in [3.8, 4) is 11.6 Å². The Kier molecular flexibility index (Phi) is 4.53. The molecule has 0 atom stereocenters. The van der Waals surface area contributed by atoms with E-state index in [1.54, 1.807) is 7.11 Å². The molecule has 0 bridgehead atoms. The molecule has 2 aromatic rings. The summed E-state index contributed by atoms with van der Waals surface area (Å²) in [6, 6.07) is 7.70. The Morgan fingerprint density at radius 3 is 2.40 bits per heavy atom. The second-order valence-electron chi connectivity index (χ2n) is 4.53. The minimum absolute atomic E-state index is 0.389. The highest BCUT2D eigenvalue weighted by atomic mass is 16.5. The Labute approximate surface area is 118 Å². The first kappa shape index (κ1) is 14.3. The fourth-order valence-corrected chi connectivity index (χ4v) is 1.86. The lowest BCUT2D eigenvalue weighted by Gasteiger charge is -2.12. The van der Waals surface area contributed by atoms with E-state index in [2.05, 4.69) is 10.2 Å². The molecule has 0 aliphatic heterocycles. The molecule has 2 N–H and O–H groups in total. The van der Waals surface area contributed by atoms with Crippen LogP contribution in [0.1, 0.15) is 22.4 Å². The van der Waals surface area contributed by atoms with E-state index >= 15 is 0 Å². The second-order valence-corrected chi connectivity index (χ2v) is 4.53. The van der Waals surface area contributed by atoms with Crippen molar-refractivity contribution in [2.45, 2.75) is 27.0 Å². The van der Waals surface area contributed by atoms with Crippen LogP contribution >= 0.6 is 0 Å². The molecule has 20 heavy (non-hydrogen) atoms. The summed E-state index contributed by atoms with van der Waals surface area (Å²) in [6.45, 7) is 4.70. The highest BCUT2D eigenvalue weighted by molar-refractivity contribution is 5.35. The van der Waals surface area contributed by atoms with Crippen LogP contribution < -0.4 is 15.2 Å². The van der Waals surface area contributed by atoms with Crippen molar-refractivity contribution in [1.82, 2.24) is 10.2 Å². The summed E-state index contributed by atoms with van der Waals surface area (Å²) in [5.74, 6) is 1.33. The van der Waals surface area contributed by atoms with E-state index in [-0.39, 0.29) is 0 Å². The molecule has 1 aromatic carbocycles. The van der Waals surface area contributed by atoms with Crippen molar-refractivity contribution in [1.29, 1.82) is 0 Å². The molecule has 0 aliphatic carbocycles. The summed E-state index contributed by atoms with van der Waals surface area (Å²) < 4.78 is 10.8. The first-order chi connectivity index (χ1) is 9.65. The molecule has 2 rings (SSSR count). The van der Waals surface area contributed by atoms with Gasteiger partial charge in [0.15, 0.2) is 0 Å². The van der Waals surface area contributed by atoms with Crippen LogP contribution in [0, 0.1) is 13.8 Å². The number of methoxy groups -OCH3 is 1. The summed E-state index contributed by atoms with van der Waals surface area (Å²) in [5.41, 5.74) is 9.62. The van der Waals surface area contributed by atoms with E-state index in [4.69, 9.17) is 15.2 Å². The predicted molar refractivity (Wildman–Crippen MR) is 76.7 cm³/mol. The van der Waals surface area contributed by atoms with E-state index in [1.807, 2.05) is 38.1 Å². The SMILES string of the molecule is COc1ccc(COc2nnc(C)c(C)c2CN)cc1. The van der Waals surface area contributed by atoms with E-state index < -0.39 is 0 Å². The van der Waals surface area contributed by atoms with Crippen LogP contribution in [0.2, 0.25) is 0 Å². The first-order valence-electron chi connectivity index (χ1n) is 6.44. The van der Waals surface area contributed by atoms with Gasteiger partial charge in [-0.1, -0.05) is 12.1 Å². The highest BCUT2D eigenvalue weighted by Gasteiger charge is 2.11. The number of rotatable bonds is 5. The van der Waals surface area contributed by atoms with Crippen LogP contribution in [0.25, 0.3) is 0 Å². The molecule has 0 saturated heterocycles. The molecule has 1 heterocycles. The Morgan fingerprint density at radius 1 is 1.10 bits per heavy atom. The number of hydrogen-bond donors (Lipinski definition) is 1. The molecule has 0 unspecified atom stereocenters. The maximum atomic E-state index is 5.76. The standard InChI is InChI=1S/C15H19N3O2/c1-10-11(2)17-18-15(14(10)8-16)20-9-12-4-6-13(19-3)7-5-12/h4-7H,8-9,16H2,1-3H3. The molecule has 0 spiro atoms. The minimum atomic E-state index is 0.389. The summed E-state index contributed by atoms with van der Waals surface area (Å²) in [5, 5.41) is 8.16. The number of ether oxygens (including phenoxy) is 2. The van der Waals surface area contributed by atoms with Gasteiger partial charge in [-0.05, 0) is 37.1 Å². The molecule has 0 radical (unpaired) electrons. The lowest BCUT2D eigenvalue weighted by molar-refractivity contribution is 0.286. The zero-order valence-corrected chi connectivity index (χ0v) is 12.0. The molecule has 5 heteroatoms. The number of benzene rings is 1. The van der Waals surface area contributed by atoms with Gasteiger partial charge >= 0.3 is 0 Å². The molecule has 1 aromatic heterocycles. The highest BCUT2D eigenvalue weighted by Crippen LogP contribution is 2.21. The minimum Gasteiger partial charge on any atom is -0.497 e. The van der Waals surface area contributed by atoms with Crippen molar-refractivity contribution < 1.29 is 9.47 Å². The van der Waals surface area contributed by atoms with Crippen LogP contribution in [0.4, 0.5) is 0 Å². The van der Waals surface area contributed by atoms with Gasteiger partial charge in [-0.15, -0.1) is 5.10 Å². The topological polar surface area (TPSA) is 70.3 Å². The zero-order valence-electron chi connectivity index (χ0n) is 12.0. The maximum Gasteiger partial charge on any atom is 0.238 e. The fraction of sp³-hybridized carbons (Fsp3) is 0.333. The van der Waals surface area contributed by atoms with Gasteiger partial charge in [-0.2, -0.15) is 5.10 Å². The quantitative estimate of drug-likeness (QED) is 0.903. The van der Waals surface area contributed by atoms with Crippen molar-refractivity contribution in [3.63, 3.8) is 0 Å². The molecular formula is C15H19N3O2. The van der Waals surface area contributed by atoms with Crippen LogP contribution in [0.15, 0.2) is 24.3 Å². The lowest BCUT2D eigenvalue weighted by atomic mass is 10.1. The van der Waals surface area contributed by atoms with Crippen LogP contribution in [-0.2, 0) is 13.2 Å². The Bertz CT molecular complexity index is 582. The maximum absolute atomic E-state index is 5.76. The largest absolute Gasteiger partial charge is 0.497 e. The number of aryl methyl sites for hydroxylation is 1. The van der Waals surface area contributed by atoms with Gasteiger partial charge in [0.05, 0.1) is 12.8 Å². The number of nitrogens with two attached hydrogens (primary N) is 1. The number of nitrogens with zero attached hydrogens (tertiary/aromatic N) is 2. The van der Waals surface area contributed by atoms with Gasteiger partial charge in [-0.25, -0.2) is 0 Å². The van der Waals surface area contributed by atoms with Crippen molar-refractivity contribution >= 4 is 0 Å². The lowest BCUT2D eigenvalue weighted by Crippen LogP contribution is -2.09. The number of hydrogen-bond acceptors (Lipinski definition) is 5. The first-order valence-corrected chi connectivity index (χ1v) is 6.44. The summed E-state index contributed by atoms with van der Waals surface area (Å²) in [7, 11) is 1.64. The van der Waals surface area contributed by atoms with E-state index in [0.717, 1.165) is 28.1 Å². The van der Waals surface area contributed by atoms with Crippen molar-refractivity contribution in [2.24, 2.45) is 5.73 Å². The van der Waals surface area contributed by atoms with E-state index in [9.17, 15) is 0 Å². The summed E-state index contributed by atoms with van der Waals surface area (Å²) in [4.78, 5) is 0. The van der Waals surface area contributed by atoms with Gasteiger partial charge < -0.3 is 15.2 Å². The molecule has 5 nitrogen and oxygen atoms in total. The van der Waals surface area contributed by atoms with Crippen LogP contribution in [-0.4, -0.2) is 17.3 Å². The Morgan fingerprint density at radius 2 is 1.80 bits per heavy atom. The third kappa shape index (κ3) is 3.05. The smallest absolute Gasteiger partial charge is 0.238 e. The molecule has 0 aliphatic rings. The van der Waals surface area contributed by atoms with Gasteiger partial charge in [0, 0.05) is 12.1 Å². The second kappa shape index (κ2) is 6.34. The predicted octanol–water partition coefficient (Wildman–Crippen LogP) is 2.14. The molecule has 0 fully saturated rings. The summed E-state index contributed by atoms with van der Waals surface area (Å²) >= 11 is 0. The van der Waals surface area contributed by atoms with Gasteiger partial charge in [0.2, 0.25) is 5.88 Å². The molecular weight excluding hydrogens is 254 g/mol. The van der Waals surface area contributed by atoms with Crippen molar-refractivity contribution in [2.75, 3.05) is 7.11 Å². The van der Waals surface area contributed by atoms with Crippen LogP contribution in [0.3, 0.4) is 0 Å². The Hall–Kier alpha value is -2.14. The molecule has 0 amide bonds. The molecule has 0 saturated carbocycles. The number of aromatic nitrogens is 2. The third-order valence-corrected chi connectivity index (χ3v) is 3.28. The average Bonchev–Trinajstić information content (AvgIpc) is 2.49. The van der Waals surface area contributed by atoms with Gasteiger partial charge in [0.1, 0.15) is 12.4 Å². The normalized spacial score (nSPS) is 10.4. The third-order valence-electron chi connectivity index (χ3n) is 3.28. The summed E-state index contributed by atoms with van der Waals surface area (Å²) in [6.07, 6.45) is 0. The fourth-order valence-electron chi connectivity index (χ4n) is 1.86. The van der Waals surface area contributed by atoms with Crippen molar-refractivity contribution in [3.05, 3.63) is 46.6 Å². The van der Waals surface area contributed by atoms with E-state index in [1.165, 1.54) is 0 Å². The average molecular weight is 273 g/mol. The van der Waals surface area contributed by atoms with Gasteiger partial charge in [-0.3, -0.25) is 0 Å².